The number of hydrogen-bond donors (Lipinski definition) is 1. The Hall–Kier alpha value is -2.47. The number of anilines is 1. The van der Waals surface area contributed by atoms with Gasteiger partial charge in [0.25, 0.3) is 0 Å². The van der Waals surface area contributed by atoms with Crippen LogP contribution in [0, 0.1) is 0 Å². The number of methoxy groups -OCH3 is 2. The van der Waals surface area contributed by atoms with Gasteiger partial charge in [-0.2, -0.15) is 0 Å². The topological polar surface area (TPSA) is 63.9 Å². The molecule has 1 heterocycles. The third kappa shape index (κ3) is 4.26. The van der Waals surface area contributed by atoms with Crippen molar-refractivity contribution in [2.75, 3.05) is 33.1 Å². The Morgan fingerprint density at radius 2 is 2.09 bits per heavy atom. The molecule has 0 aliphatic carbocycles. The summed E-state index contributed by atoms with van der Waals surface area (Å²) in [6, 6.07) is 8.95. The highest BCUT2D eigenvalue weighted by molar-refractivity contribution is 5.93. The quantitative estimate of drug-likeness (QED) is 0.851. The molecule has 0 radical (unpaired) electrons. The summed E-state index contributed by atoms with van der Waals surface area (Å²) in [4.78, 5) is 14.0. The third-order valence-corrected chi connectivity index (χ3v) is 3.10. The number of benzene rings is 1. The molecule has 0 atom stereocenters. The molecule has 1 aromatic carbocycles. The minimum Gasteiger partial charge on any atom is -0.497 e. The van der Waals surface area contributed by atoms with Gasteiger partial charge in [0.15, 0.2) is 0 Å². The van der Waals surface area contributed by atoms with Crippen molar-refractivity contribution in [2.24, 2.45) is 0 Å². The first kappa shape index (κ1) is 15.9. The molecule has 0 aliphatic heterocycles. The Bertz CT molecular complexity index is 611. The van der Waals surface area contributed by atoms with E-state index in [1.807, 2.05) is 24.1 Å². The molecule has 0 aliphatic rings. The number of rotatable bonds is 7. The average molecular weight is 304 g/mol. The lowest BCUT2D eigenvalue weighted by atomic mass is 10.2. The molecule has 1 N–H and O–H groups in total. The van der Waals surface area contributed by atoms with E-state index in [1.54, 1.807) is 38.7 Å². The fraction of sp³-hybridized carbons (Fsp3) is 0.312. The van der Waals surface area contributed by atoms with E-state index in [9.17, 15) is 4.79 Å². The van der Waals surface area contributed by atoms with Crippen LogP contribution in [0.5, 0.6) is 11.5 Å². The number of hydrogen-bond acceptors (Lipinski definition) is 5. The van der Waals surface area contributed by atoms with Gasteiger partial charge in [0.2, 0.25) is 5.91 Å². The van der Waals surface area contributed by atoms with Crippen molar-refractivity contribution in [1.82, 2.24) is 4.90 Å². The van der Waals surface area contributed by atoms with Crippen molar-refractivity contribution in [3.05, 3.63) is 42.4 Å². The Kier molecular flexibility index (Phi) is 5.43. The molecule has 0 saturated carbocycles. The third-order valence-electron chi connectivity index (χ3n) is 3.10. The summed E-state index contributed by atoms with van der Waals surface area (Å²) in [5.41, 5.74) is 0.582. The molecule has 6 nitrogen and oxygen atoms in total. The van der Waals surface area contributed by atoms with E-state index >= 15 is 0 Å². The average Bonchev–Trinajstić information content (AvgIpc) is 2.99. The fourth-order valence-corrected chi connectivity index (χ4v) is 2.07. The molecule has 22 heavy (non-hydrogen) atoms. The molecule has 2 aromatic rings. The summed E-state index contributed by atoms with van der Waals surface area (Å²) in [7, 11) is 4.98. The summed E-state index contributed by atoms with van der Waals surface area (Å²) in [6.07, 6.45) is 1.62. The van der Waals surface area contributed by atoms with Gasteiger partial charge in [0, 0.05) is 6.07 Å². The highest BCUT2D eigenvalue weighted by atomic mass is 16.5. The predicted octanol–water partition coefficient (Wildman–Crippen LogP) is 2.37. The number of carbonyl (C=O) groups is 1. The predicted molar refractivity (Wildman–Crippen MR) is 83.2 cm³/mol. The zero-order chi connectivity index (χ0) is 15.9. The molecule has 1 amide bonds. The van der Waals surface area contributed by atoms with Crippen LogP contribution in [0.2, 0.25) is 0 Å². The van der Waals surface area contributed by atoms with Gasteiger partial charge in [-0.1, -0.05) is 0 Å². The molecule has 118 valence electrons. The maximum Gasteiger partial charge on any atom is 0.238 e. The number of nitrogens with one attached hydrogen (secondary N) is 1. The second-order valence-electron chi connectivity index (χ2n) is 4.87. The van der Waals surface area contributed by atoms with Crippen molar-refractivity contribution in [1.29, 1.82) is 0 Å². The van der Waals surface area contributed by atoms with Crippen LogP contribution >= 0.6 is 0 Å². The van der Waals surface area contributed by atoms with E-state index in [1.165, 1.54) is 0 Å². The monoisotopic (exact) mass is 304 g/mol. The minimum absolute atomic E-state index is 0.138. The van der Waals surface area contributed by atoms with Crippen LogP contribution in [-0.2, 0) is 11.3 Å². The highest BCUT2D eigenvalue weighted by Gasteiger charge is 2.12. The van der Waals surface area contributed by atoms with Crippen LogP contribution < -0.4 is 14.8 Å². The number of carbonyl (C=O) groups excluding carboxylic acids is 1. The van der Waals surface area contributed by atoms with Gasteiger partial charge in [0.05, 0.1) is 39.3 Å². The zero-order valence-corrected chi connectivity index (χ0v) is 13.0. The second kappa shape index (κ2) is 7.51. The maximum atomic E-state index is 12.1. The van der Waals surface area contributed by atoms with E-state index in [2.05, 4.69) is 5.32 Å². The molecule has 0 bridgehead atoms. The summed E-state index contributed by atoms with van der Waals surface area (Å²) >= 11 is 0. The van der Waals surface area contributed by atoms with E-state index in [-0.39, 0.29) is 12.5 Å². The van der Waals surface area contributed by atoms with Crippen molar-refractivity contribution >= 4 is 11.6 Å². The molecule has 2 rings (SSSR count). The molecule has 6 heteroatoms. The van der Waals surface area contributed by atoms with Crippen LogP contribution in [0.15, 0.2) is 41.0 Å². The minimum atomic E-state index is -0.138. The summed E-state index contributed by atoms with van der Waals surface area (Å²) in [5, 5.41) is 2.83. The highest BCUT2D eigenvalue weighted by Crippen LogP contribution is 2.28. The Morgan fingerprint density at radius 1 is 1.27 bits per heavy atom. The summed E-state index contributed by atoms with van der Waals surface area (Å²) in [5.74, 6) is 1.91. The van der Waals surface area contributed by atoms with Crippen LogP contribution in [0.25, 0.3) is 0 Å². The lowest BCUT2D eigenvalue weighted by Crippen LogP contribution is -2.29. The molecule has 0 unspecified atom stereocenters. The van der Waals surface area contributed by atoms with E-state index in [0.717, 1.165) is 5.76 Å². The van der Waals surface area contributed by atoms with Crippen molar-refractivity contribution in [3.8, 4) is 11.5 Å². The first-order valence-electron chi connectivity index (χ1n) is 6.85. The summed E-state index contributed by atoms with van der Waals surface area (Å²) < 4.78 is 15.7. The largest absolute Gasteiger partial charge is 0.497 e. The van der Waals surface area contributed by atoms with Crippen LogP contribution in [0.1, 0.15) is 5.76 Å². The number of furan rings is 1. The maximum absolute atomic E-state index is 12.1. The molecule has 0 saturated heterocycles. The summed E-state index contributed by atoms with van der Waals surface area (Å²) in [6.45, 7) is 0.802. The normalized spacial score (nSPS) is 10.5. The van der Waals surface area contributed by atoms with Gasteiger partial charge >= 0.3 is 0 Å². The Morgan fingerprint density at radius 3 is 2.73 bits per heavy atom. The van der Waals surface area contributed by atoms with E-state index in [0.29, 0.717) is 23.7 Å². The molecule has 1 aromatic heterocycles. The first-order valence-corrected chi connectivity index (χ1v) is 6.85. The van der Waals surface area contributed by atoms with E-state index < -0.39 is 0 Å². The Balaban J connectivity index is 1.96. The SMILES string of the molecule is COc1ccc(OC)c(NC(=O)CN(C)Cc2ccco2)c1. The molecule has 0 fully saturated rings. The zero-order valence-electron chi connectivity index (χ0n) is 13.0. The van der Waals surface area contributed by atoms with Crippen LogP contribution in [0.4, 0.5) is 5.69 Å². The van der Waals surface area contributed by atoms with Crippen LogP contribution in [0.3, 0.4) is 0 Å². The smallest absolute Gasteiger partial charge is 0.238 e. The standard InChI is InChI=1S/C16H20N2O4/c1-18(10-13-5-4-8-22-13)11-16(19)17-14-9-12(20-2)6-7-15(14)21-3/h4-9H,10-11H2,1-3H3,(H,17,19). The lowest BCUT2D eigenvalue weighted by Gasteiger charge is -2.16. The number of amides is 1. The first-order chi connectivity index (χ1) is 10.6. The van der Waals surface area contributed by atoms with Crippen molar-refractivity contribution in [3.63, 3.8) is 0 Å². The molecular formula is C16H20N2O4. The van der Waals surface area contributed by atoms with Gasteiger partial charge in [-0.15, -0.1) is 0 Å². The fourth-order valence-electron chi connectivity index (χ4n) is 2.07. The number of nitrogens with zero attached hydrogens (tertiary/aromatic N) is 1. The van der Waals surface area contributed by atoms with Crippen molar-refractivity contribution in [2.45, 2.75) is 6.54 Å². The molecule has 0 spiro atoms. The van der Waals surface area contributed by atoms with Gasteiger partial charge in [-0.05, 0) is 31.3 Å². The van der Waals surface area contributed by atoms with Gasteiger partial charge in [0.1, 0.15) is 17.3 Å². The lowest BCUT2D eigenvalue weighted by molar-refractivity contribution is -0.117. The molecular weight excluding hydrogens is 284 g/mol. The Labute approximate surface area is 129 Å². The second-order valence-corrected chi connectivity index (χ2v) is 4.87. The van der Waals surface area contributed by atoms with Gasteiger partial charge in [-0.3, -0.25) is 9.69 Å². The number of likely N-dealkylation sites (N-methyl/N-ethyl adjacent to an activating group) is 1. The number of ether oxygens (including phenoxy) is 2. The van der Waals surface area contributed by atoms with Gasteiger partial charge in [-0.25, -0.2) is 0 Å². The van der Waals surface area contributed by atoms with Crippen molar-refractivity contribution < 1.29 is 18.7 Å². The van der Waals surface area contributed by atoms with Gasteiger partial charge < -0.3 is 19.2 Å². The van der Waals surface area contributed by atoms with Crippen LogP contribution in [-0.4, -0.2) is 38.6 Å². The van der Waals surface area contributed by atoms with E-state index in [4.69, 9.17) is 13.9 Å².